The first kappa shape index (κ1) is 14.0. The second kappa shape index (κ2) is 6.64. The topological polar surface area (TPSA) is 21.3 Å². The number of rotatable bonds is 5. The molecule has 3 aromatic rings. The molecule has 0 saturated heterocycles. The van der Waals surface area contributed by atoms with Crippen LogP contribution < -0.4 is 10.1 Å². The Morgan fingerprint density at radius 1 is 0.857 bits per heavy atom. The van der Waals surface area contributed by atoms with Crippen LogP contribution in [0.25, 0.3) is 10.8 Å². The Kier molecular flexibility index (Phi) is 4.41. The van der Waals surface area contributed by atoms with E-state index >= 15 is 0 Å². The molecule has 3 aromatic carbocycles. The zero-order chi connectivity index (χ0) is 14.5. The molecule has 0 fully saturated rings. The summed E-state index contributed by atoms with van der Waals surface area (Å²) in [5.74, 6) is 0.905. The van der Waals surface area contributed by atoms with Gasteiger partial charge in [-0.2, -0.15) is 0 Å². The summed E-state index contributed by atoms with van der Waals surface area (Å²) in [6, 6.07) is 22.5. The van der Waals surface area contributed by atoms with Gasteiger partial charge in [-0.05, 0) is 51.0 Å². The van der Waals surface area contributed by atoms with Crippen molar-refractivity contribution in [3.05, 3.63) is 71.2 Å². The summed E-state index contributed by atoms with van der Waals surface area (Å²) in [5, 5.41) is 5.78. The van der Waals surface area contributed by atoms with E-state index in [4.69, 9.17) is 4.74 Å². The quantitative estimate of drug-likeness (QED) is 0.652. The van der Waals surface area contributed by atoms with E-state index < -0.39 is 0 Å². The van der Waals surface area contributed by atoms with Crippen molar-refractivity contribution >= 4 is 32.4 Å². The molecule has 0 spiro atoms. The van der Waals surface area contributed by atoms with E-state index in [1.165, 1.54) is 10.8 Å². The van der Waals surface area contributed by atoms with Crippen molar-refractivity contribution in [2.24, 2.45) is 0 Å². The Morgan fingerprint density at radius 2 is 1.62 bits per heavy atom. The van der Waals surface area contributed by atoms with Crippen molar-refractivity contribution in [2.45, 2.75) is 0 Å². The molecule has 0 aliphatic heterocycles. The molecule has 3 rings (SSSR count). The molecule has 0 aliphatic carbocycles. The average molecular weight is 342 g/mol. The largest absolute Gasteiger partial charge is 0.492 e. The first-order chi connectivity index (χ1) is 10.3. The number of anilines is 1. The van der Waals surface area contributed by atoms with Gasteiger partial charge in [0.25, 0.3) is 0 Å². The van der Waals surface area contributed by atoms with Gasteiger partial charge < -0.3 is 10.1 Å². The molecular weight excluding hydrogens is 326 g/mol. The van der Waals surface area contributed by atoms with Crippen molar-refractivity contribution in [3.8, 4) is 5.75 Å². The first-order valence-corrected chi connectivity index (χ1v) is 7.72. The predicted molar refractivity (Wildman–Crippen MR) is 92.1 cm³/mol. The molecule has 0 radical (unpaired) electrons. The highest BCUT2D eigenvalue weighted by Crippen LogP contribution is 2.22. The lowest BCUT2D eigenvalue weighted by atomic mass is 10.1. The second-order valence-electron chi connectivity index (χ2n) is 4.76. The molecule has 0 aliphatic rings. The first-order valence-electron chi connectivity index (χ1n) is 6.93. The third kappa shape index (κ3) is 3.56. The second-order valence-corrected chi connectivity index (χ2v) is 5.62. The van der Waals surface area contributed by atoms with Crippen molar-refractivity contribution in [1.29, 1.82) is 0 Å². The van der Waals surface area contributed by atoms with Crippen LogP contribution in [0.5, 0.6) is 5.75 Å². The maximum atomic E-state index is 5.80. The molecule has 0 atom stereocenters. The highest BCUT2D eigenvalue weighted by molar-refractivity contribution is 9.10. The van der Waals surface area contributed by atoms with Crippen LogP contribution in [0.4, 0.5) is 5.69 Å². The van der Waals surface area contributed by atoms with Crippen molar-refractivity contribution < 1.29 is 4.74 Å². The zero-order valence-electron chi connectivity index (χ0n) is 11.6. The molecule has 3 heteroatoms. The molecule has 2 nitrogen and oxygen atoms in total. The van der Waals surface area contributed by atoms with Gasteiger partial charge in [-0.25, -0.2) is 0 Å². The standard InChI is InChI=1S/C18H16BrNO/c19-17-7-3-4-8-18(17)20-11-12-21-16-10-9-14-5-1-2-6-15(14)13-16/h1-10,13,20H,11-12H2. The number of para-hydroxylation sites is 1. The summed E-state index contributed by atoms with van der Waals surface area (Å²) < 4.78 is 6.86. The van der Waals surface area contributed by atoms with Crippen molar-refractivity contribution in [3.63, 3.8) is 0 Å². The van der Waals surface area contributed by atoms with Crippen molar-refractivity contribution in [2.75, 3.05) is 18.5 Å². The molecule has 0 aromatic heterocycles. The average Bonchev–Trinajstić information content (AvgIpc) is 2.53. The van der Waals surface area contributed by atoms with E-state index in [1.807, 2.05) is 42.5 Å². The van der Waals surface area contributed by atoms with Crippen LogP contribution in [0.3, 0.4) is 0 Å². The Morgan fingerprint density at radius 3 is 2.48 bits per heavy atom. The van der Waals surface area contributed by atoms with Crippen LogP contribution in [0.1, 0.15) is 0 Å². The summed E-state index contributed by atoms with van der Waals surface area (Å²) in [7, 11) is 0. The van der Waals surface area contributed by atoms with Crippen LogP contribution in [0.2, 0.25) is 0 Å². The summed E-state index contributed by atoms with van der Waals surface area (Å²) in [4.78, 5) is 0. The fourth-order valence-electron chi connectivity index (χ4n) is 2.22. The maximum Gasteiger partial charge on any atom is 0.120 e. The highest BCUT2D eigenvalue weighted by atomic mass is 79.9. The molecule has 21 heavy (non-hydrogen) atoms. The number of benzene rings is 3. The fourth-order valence-corrected chi connectivity index (χ4v) is 2.64. The Balaban J connectivity index is 1.56. The van der Waals surface area contributed by atoms with Gasteiger partial charge in [0.2, 0.25) is 0 Å². The lowest BCUT2D eigenvalue weighted by molar-refractivity contribution is 0.333. The summed E-state index contributed by atoms with van der Waals surface area (Å²) in [5.41, 5.74) is 1.08. The van der Waals surface area contributed by atoms with E-state index in [-0.39, 0.29) is 0 Å². The van der Waals surface area contributed by atoms with Crippen LogP contribution >= 0.6 is 15.9 Å². The monoisotopic (exact) mass is 341 g/mol. The van der Waals surface area contributed by atoms with E-state index in [0.29, 0.717) is 6.61 Å². The summed E-state index contributed by atoms with van der Waals surface area (Å²) in [6.07, 6.45) is 0. The van der Waals surface area contributed by atoms with Gasteiger partial charge >= 0.3 is 0 Å². The molecular formula is C18H16BrNO. The van der Waals surface area contributed by atoms with Gasteiger partial charge in [0.1, 0.15) is 12.4 Å². The number of fused-ring (bicyclic) bond motifs is 1. The lowest BCUT2D eigenvalue weighted by Gasteiger charge is -2.10. The molecule has 1 N–H and O–H groups in total. The number of hydrogen-bond donors (Lipinski definition) is 1. The van der Waals surface area contributed by atoms with Gasteiger partial charge in [-0.1, -0.05) is 42.5 Å². The van der Waals surface area contributed by atoms with Gasteiger partial charge in [-0.3, -0.25) is 0 Å². The van der Waals surface area contributed by atoms with Crippen LogP contribution in [0, 0.1) is 0 Å². The number of halogens is 1. The minimum absolute atomic E-state index is 0.625. The van der Waals surface area contributed by atoms with Crippen molar-refractivity contribution in [1.82, 2.24) is 0 Å². The fraction of sp³-hybridized carbons (Fsp3) is 0.111. The minimum atomic E-state index is 0.625. The molecule has 0 amide bonds. The minimum Gasteiger partial charge on any atom is -0.492 e. The van der Waals surface area contributed by atoms with Gasteiger partial charge in [0.15, 0.2) is 0 Å². The number of nitrogens with one attached hydrogen (secondary N) is 1. The van der Waals surface area contributed by atoms with E-state index in [0.717, 1.165) is 22.5 Å². The third-order valence-corrected chi connectivity index (χ3v) is 3.97. The Bertz CT molecular complexity index is 742. The molecule has 0 unspecified atom stereocenters. The lowest BCUT2D eigenvalue weighted by Crippen LogP contribution is -2.11. The normalized spacial score (nSPS) is 10.5. The SMILES string of the molecule is Brc1ccccc1NCCOc1ccc2ccccc2c1. The number of ether oxygens (including phenoxy) is 1. The van der Waals surface area contributed by atoms with Crippen LogP contribution in [0.15, 0.2) is 71.2 Å². The molecule has 0 bridgehead atoms. The third-order valence-electron chi connectivity index (χ3n) is 3.28. The predicted octanol–water partition coefficient (Wildman–Crippen LogP) is 5.09. The highest BCUT2D eigenvalue weighted by Gasteiger charge is 1.99. The van der Waals surface area contributed by atoms with Gasteiger partial charge in [0, 0.05) is 16.7 Å². The van der Waals surface area contributed by atoms with Crippen LogP contribution in [-0.2, 0) is 0 Å². The van der Waals surface area contributed by atoms with Gasteiger partial charge in [-0.15, -0.1) is 0 Å². The molecule has 0 heterocycles. The smallest absolute Gasteiger partial charge is 0.120 e. The zero-order valence-corrected chi connectivity index (χ0v) is 13.1. The van der Waals surface area contributed by atoms with E-state index in [9.17, 15) is 0 Å². The summed E-state index contributed by atoms with van der Waals surface area (Å²) in [6.45, 7) is 1.38. The van der Waals surface area contributed by atoms with E-state index in [2.05, 4.69) is 45.5 Å². The van der Waals surface area contributed by atoms with Crippen LogP contribution in [-0.4, -0.2) is 13.2 Å². The molecule has 106 valence electrons. The van der Waals surface area contributed by atoms with E-state index in [1.54, 1.807) is 0 Å². The summed E-state index contributed by atoms with van der Waals surface area (Å²) >= 11 is 3.52. The maximum absolute atomic E-state index is 5.80. The number of hydrogen-bond acceptors (Lipinski definition) is 2. The Hall–Kier alpha value is -2.00. The molecule has 0 saturated carbocycles. The van der Waals surface area contributed by atoms with Gasteiger partial charge in [0.05, 0.1) is 0 Å². The Labute approximate surface area is 132 Å².